The fraction of sp³-hybridized carbons (Fsp3) is 0.667. The quantitative estimate of drug-likeness (QED) is 0.771. The van der Waals surface area contributed by atoms with Crippen LogP contribution >= 0.6 is 0 Å². The number of benzene rings is 1. The van der Waals surface area contributed by atoms with Gasteiger partial charge in [-0.3, -0.25) is 0 Å². The summed E-state index contributed by atoms with van der Waals surface area (Å²) in [5, 5.41) is 3.37. The van der Waals surface area contributed by atoms with Crippen molar-refractivity contribution >= 4 is 0 Å². The number of ether oxygens (including phenoxy) is 1. The summed E-state index contributed by atoms with van der Waals surface area (Å²) < 4.78 is 5.94. The molecule has 2 nitrogen and oxygen atoms in total. The van der Waals surface area contributed by atoms with E-state index in [0.717, 1.165) is 19.1 Å². The van der Waals surface area contributed by atoms with Crippen molar-refractivity contribution in [2.75, 3.05) is 20.3 Å². The molecular weight excluding hydrogens is 246 g/mol. The Kier molecular flexibility index (Phi) is 6.55. The molecule has 1 atom stereocenters. The van der Waals surface area contributed by atoms with Gasteiger partial charge in [-0.05, 0) is 43.4 Å². The lowest BCUT2D eigenvalue weighted by Gasteiger charge is -2.18. The molecule has 0 saturated heterocycles. The maximum Gasteiger partial charge on any atom is 0.0661 e. The normalized spacial score (nSPS) is 17.5. The Morgan fingerprint density at radius 2 is 1.90 bits per heavy atom. The van der Waals surface area contributed by atoms with Gasteiger partial charge in [0.25, 0.3) is 0 Å². The third-order valence-electron chi connectivity index (χ3n) is 4.38. The van der Waals surface area contributed by atoms with Gasteiger partial charge in [-0.2, -0.15) is 0 Å². The summed E-state index contributed by atoms with van der Waals surface area (Å²) in [4.78, 5) is 0. The SMILES string of the molecule is CCCc1ccc(C(COCC2CCCC2)NC)cc1. The highest BCUT2D eigenvalue weighted by atomic mass is 16.5. The second kappa shape index (κ2) is 8.43. The van der Waals surface area contributed by atoms with Gasteiger partial charge in [0, 0.05) is 6.61 Å². The van der Waals surface area contributed by atoms with Gasteiger partial charge in [0.15, 0.2) is 0 Å². The minimum absolute atomic E-state index is 0.312. The molecule has 0 bridgehead atoms. The van der Waals surface area contributed by atoms with Crippen LogP contribution in [-0.4, -0.2) is 20.3 Å². The van der Waals surface area contributed by atoms with Crippen LogP contribution in [0.2, 0.25) is 0 Å². The fourth-order valence-corrected chi connectivity index (χ4v) is 3.08. The second-order valence-corrected chi connectivity index (χ2v) is 6.02. The topological polar surface area (TPSA) is 21.3 Å². The Morgan fingerprint density at radius 3 is 2.50 bits per heavy atom. The highest BCUT2D eigenvalue weighted by molar-refractivity contribution is 5.25. The van der Waals surface area contributed by atoms with E-state index >= 15 is 0 Å². The Morgan fingerprint density at radius 1 is 1.20 bits per heavy atom. The van der Waals surface area contributed by atoms with Crippen LogP contribution in [-0.2, 0) is 11.2 Å². The van der Waals surface area contributed by atoms with Crippen LogP contribution in [0.15, 0.2) is 24.3 Å². The van der Waals surface area contributed by atoms with Crippen molar-refractivity contribution in [2.24, 2.45) is 5.92 Å². The second-order valence-electron chi connectivity index (χ2n) is 6.02. The zero-order valence-corrected chi connectivity index (χ0v) is 13.0. The minimum atomic E-state index is 0.312. The fourth-order valence-electron chi connectivity index (χ4n) is 3.08. The zero-order valence-electron chi connectivity index (χ0n) is 13.0. The standard InChI is InChI=1S/C18H29NO/c1-3-6-15-9-11-17(12-10-15)18(19-2)14-20-13-16-7-4-5-8-16/h9-12,16,18-19H,3-8,13-14H2,1-2H3. The van der Waals surface area contributed by atoms with Gasteiger partial charge in [0.1, 0.15) is 0 Å². The van der Waals surface area contributed by atoms with Crippen molar-refractivity contribution in [2.45, 2.75) is 51.5 Å². The average Bonchev–Trinajstić information content (AvgIpc) is 2.98. The Hall–Kier alpha value is -0.860. The molecule has 1 fully saturated rings. The van der Waals surface area contributed by atoms with Crippen LogP contribution in [0.4, 0.5) is 0 Å². The van der Waals surface area contributed by atoms with E-state index in [-0.39, 0.29) is 0 Å². The summed E-state index contributed by atoms with van der Waals surface area (Å²) in [6.45, 7) is 3.94. The molecule has 20 heavy (non-hydrogen) atoms. The number of nitrogens with one attached hydrogen (secondary N) is 1. The number of likely N-dealkylation sites (N-methyl/N-ethyl adjacent to an activating group) is 1. The van der Waals surface area contributed by atoms with Gasteiger partial charge in [-0.1, -0.05) is 50.5 Å². The predicted molar refractivity (Wildman–Crippen MR) is 85.0 cm³/mol. The largest absolute Gasteiger partial charge is 0.379 e. The van der Waals surface area contributed by atoms with Crippen molar-refractivity contribution < 1.29 is 4.74 Å². The van der Waals surface area contributed by atoms with Gasteiger partial charge in [0.2, 0.25) is 0 Å². The molecule has 0 radical (unpaired) electrons. The van der Waals surface area contributed by atoms with Crippen molar-refractivity contribution in [1.82, 2.24) is 5.32 Å². The molecule has 1 aromatic rings. The maximum atomic E-state index is 5.94. The summed E-state index contributed by atoms with van der Waals surface area (Å²) in [5.74, 6) is 0.805. The number of hydrogen-bond acceptors (Lipinski definition) is 2. The lowest BCUT2D eigenvalue weighted by molar-refractivity contribution is 0.0844. The monoisotopic (exact) mass is 275 g/mol. The molecule has 0 spiro atoms. The van der Waals surface area contributed by atoms with Crippen LogP contribution < -0.4 is 5.32 Å². The molecule has 2 rings (SSSR count). The van der Waals surface area contributed by atoms with Gasteiger partial charge >= 0.3 is 0 Å². The van der Waals surface area contributed by atoms with Crippen molar-refractivity contribution in [1.29, 1.82) is 0 Å². The van der Waals surface area contributed by atoms with E-state index in [9.17, 15) is 0 Å². The van der Waals surface area contributed by atoms with Crippen LogP contribution in [0.1, 0.15) is 56.2 Å². The molecule has 1 N–H and O–H groups in total. The van der Waals surface area contributed by atoms with Gasteiger partial charge in [0.05, 0.1) is 12.6 Å². The Labute approximate surface area is 123 Å². The molecule has 1 aliphatic rings. The van der Waals surface area contributed by atoms with Crippen LogP contribution in [0.3, 0.4) is 0 Å². The highest BCUT2D eigenvalue weighted by Gasteiger charge is 2.16. The smallest absolute Gasteiger partial charge is 0.0661 e. The summed E-state index contributed by atoms with van der Waals surface area (Å²) >= 11 is 0. The number of aryl methyl sites for hydroxylation is 1. The zero-order chi connectivity index (χ0) is 14.2. The van der Waals surface area contributed by atoms with E-state index < -0.39 is 0 Å². The molecule has 1 unspecified atom stereocenters. The molecule has 0 heterocycles. The summed E-state index contributed by atoms with van der Waals surface area (Å²) in [6, 6.07) is 9.29. The first-order chi connectivity index (χ1) is 9.83. The highest BCUT2D eigenvalue weighted by Crippen LogP contribution is 2.25. The van der Waals surface area contributed by atoms with Crippen LogP contribution in [0, 0.1) is 5.92 Å². The Bertz CT molecular complexity index is 368. The van der Waals surface area contributed by atoms with Crippen molar-refractivity contribution in [3.05, 3.63) is 35.4 Å². The molecule has 2 heteroatoms. The summed E-state index contributed by atoms with van der Waals surface area (Å²) in [5.41, 5.74) is 2.76. The summed E-state index contributed by atoms with van der Waals surface area (Å²) in [7, 11) is 2.02. The van der Waals surface area contributed by atoms with E-state index in [1.807, 2.05) is 7.05 Å². The third kappa shape index (κ3) is 4.60. The first kappa shape index (κ1) is 15.5. The number of hydrogen-bond donors (Lipinski definition) is 1. The minimum Gasteiger partial charge on any atom is -0.379 e. The van der Waals surface area contributed by atoms with Gasteiger partial charge in [-0.15, -0.1) is 0 Å². The molecule has 1 saturated carbocycles. The molecule has 1 aromatic carbocycles. The lowest BCUT2D eigenvalue weighted by atomic mass is 10.0. The molecule has 0 aromatic heterocycles. The van der Waals surface area contributed by atoms with Crippen molar-refractivity contribution in [3.8, 4) is 0 Å². The maximum absolute atomic E-state index is 5.94. The van der Waals surface area contributed by atoms with E-state index in [2.05, 4.69) is 36.5 Å². The Balaban J connectivity index is 1.80. The first-order valence-corrected chi connectivity index (χ1v) is 8.17. The predicted octanol–water partition coefficient (Wildman–Crippen LogP) is 4.11. The van der Waals surface area contributed by atoms with Gasteiger partial charge in [-0.25, -0.2) is 0 Å². The molecule has 0 amide bonds. The molecule has 112 valence electrons. The molecular formula is C18H29NO. The molecule has 1 aliphatic carbocycles. The van der Waals surface area contributed by atoms with E-state index in [1.165, 1.54) is 49.7 Å². The molecule has 0 aliphatic heterocycles. The summed E-state index contributed by atoms with van der Waals surface area (Å²) in [6.07, 6.45) is 7.87. The van der Waals surface area contributed by atoms with E-state index in [4.69, 9.17) is 4.74 Å². The van der Waals surface area contributed by atoms with Gasteiger partial charge < -0.3 is 10.1 Å². The van der Waals surface area contributed by atoms with E-state index in [1.54, 1.807) is 0 Å². The van der Waals surface area contributed by atoms with Crippen LogP contribution in [0.25, 0.3) is 0 Å². The first-order valence-electron chi connectivity index (χ1n) is 8.17. The third-order valence-corrected chi connectivity index (χ3v) is 4.38. The van der Waals surface area contributed by atoms with Crippen molar-refractivity contribution in [3.63, 3.8) is 0 Å². The average molecular weight is 275 g/mol. The number of rotatable bonds is 8. The van der Waals surface area contributed by atoms with E-state index in [0.29, 0.717) is 6.04 Å². The lowest BCUT2D eigenvalue weighted by Crippen LogP contribution is -2.23. The van der Waals surface area contributed by atoms with Crippen LogP contribution in [0.5, 0.6) is 0 Å².